The van der Waals surface area contributed by atoms with E-state index in [1.54, 1.807) is 0 Å². The van der Waals surface area contributed by atoms with Crippen molar-refractivity contribution < 1.29 is 4.79 Å². The molecule has 2 aliphatic rings. The molecule has 1 amide bonds. The molecule has 1 aliphatic carbocycles. The van der Waals surface area contributed by atoms with Crippen molar-refractivity contribution in [1.29, 1.82) is 0 Å². The molecule has 0 spiro atoms. The summed E-state index contributed by atoms with van der Waals surface area (Å²) in [6.07, 6.45) is 6.88. The number of amides is 1. The van der Waals surface area contributed by atoms with Crippen LogP contribution in [0.1, 0.15) is 52.4 Å². The summed E-state index contributed by atoms with van der Waals surface area (Å²) in [7, 11) is 0. The summed E-state index contributed by atoms with van der Waals surface area (Å²) in [6, 6.07) is 0.908. The minimum Gasteiger partial charge on any atom is -0.330 e. The van der Waals surface area contributed by atoms with Gasteiger partial charge in [-0.3, -0.25) is 10.2 Å². The highest BCUT2D eigenvalue weighted by molar-refractivity contribution is 5.78. The summed E-state index contributed by atoms with van der Waals surface area (Å²) in [5.41, 5.74) is 8.92. The molecule has 2 fully saturated rings. The van der Waals surface area contributed by atoms with E-state index >= 15 is 0 Å². The Morgan fingerprint density at radius 1 is 1.17 bits per heavy atom. The van der Waals surface area contributed by atoms with Crippen molar-refractivity contribution in [2.24, 2.45) is 17.6 Å². The molecule has 4 nitrogen and oxygen atoms in total. The Labute approximate surface area is 110 Å². The second-order valence-electron chi connectivity index (χ2n) is 6.05. The predicted octanol–water partition coefficient (Wildman–Crippen LogP) is 1.66. The molecule has 0 bridgehead atoms. The monoisotopic (exact) mass is 253 g/mol. The van der Waals surface area contributed by atoms with E-state index in [1.165, 1.54) is 19.3 Å². The lowest BCUT2D eigenvalue weighted by atomic mass is 9.95. The number of nitrogens with two attached hydrogens (primary N) is 1. The summed E-state index contributed by atoms with van der Waals surface area (Å²) in [5.74, 6) is 0.722. The zero-order valence-electron chi connectivity index (χ0n) is 11.7. The van der Waals surface area contributed by atoms with E-state index in [0.717, 1.165) is 19.3 Å². The maximum Gasteiger partial charge on any atom is 0.237 e. The molecule has 3 N–H and O–H groups in total. The molecule has 1 saturated heterocycles. The Kier molecular flexibility index (Phi) is 4.62. The van der Waals surface area contributed by atoms with Gasteiger partial charge in [0.15, 0.2) is 0 Å². The minimum atomic E-state index is 0.135. The molecule has 1 heterocycles. The van der Waals surface area contributed by atoms with Crippen LogP contribution < -0.4 is 11.2 Å². The van der Waals surface area contributed by atoms with E-state index in [1.807, 2.05) is 0 Å². The molecular formula is C14H27N3O. The van der Waals surface area contributed by atoms with Gasteiger partial charge in [0.1, 0.15) is 0 Å². The third-order valence-corrected chi connectivity index (χ3v) is 4.73. The van der Waals surface area contributed by atoms with Gasteiger partial charge in [-0.05, 0) is 52.0 Å². The van der Waals surface area contributed by atoms with Crippen LogP contribution in [0.2, 0.25) is 0 Å². The molecule has 0 radical (unpaired) electrons. The summed E-state index contributed by atoms with van der Waals surface area (Å²) >= 11 is 0. The summed E-state index contributed by atoms with van der Waals surface area (Å²) < 4.78 is 0. The molecule has 2 rings (SSSR count). The maximum absolute atomic E-state index is 12.4. The van der Waals surface area contributed by atoms with Crippen LogP contribution in [0.5, 0.6) is 0 Å². The van der Waals surface area contributed by atoms with Crippen molar-refractivity contribution in [3.8, 4) is 0 Å². The molecule has 18 heavy (non-hydrogen) atoms. The van der Waals surface area contributed by atoms with Crippen LogP contribution in [0.3, 0.4) is 0 Å². The predicted molar refractivity (Wildman–Crippen MR) is 72.6 cm³/mol. The second-order valence-corrected chi connectivity index (χ2v) is 6.05. The third-order valence-electron chi connectivity index (χ3n) is 4.73. The molecule has 1 saturated carbocycles. The number of carbonyl (C=O) groups excluding carboxylic acids is 1. The van der Waals surface area contributed by atoms with Gasteiger partial charge in [-0.2, -0.15) is 0 Å². The van der Waals surface area contributed by atoms with E-state index in [-0.39, 0.29) is 11.8 Å². The largest absolute Gasteiger partial charge is 0.330 e. The van der Waals surface area contributed by atoms with Crippen molar-refractivity contribution in [2.75, 3.05) is 6.54 Å². The quantitative estimate of drug-likeness (QED) is 0.804. The molecule has 0 aromatic carbocycles. The van der Waals surface area contributed by atoms with Gasteiger partial charge in [0.25, 0.3) is 0 Å². The summed E-state index contributed by atoms with van der Waals surface area (Å²) in [5, 5.41) is 2.16. The first-order chi connectivity index (χ1) is 8.63. The van der Waals surface area contributed by atoms with Gasteiger partial charge in [0.05, 0.1) is 0 Å². The molecule has 104 valence electrons. The van der Waals surface area contributed by atoms with Gasteiger partial charge < -0.3 is 5.73 Å². The molecule has 0 aromatic heterocycles. The summed E-state index contributed by atoms with van der Waals surface area (Å²) in [6.45, 7) is 5.04. The standard InChI is InChI=1S/C14H27N3O/c1-10-5-3-6-11(2)17(10)16-14(18)13-8-4-7-12(13)9-15/h10-13H,3-9,15H2,1-2H3,(H,16,18). The molecule has 0 aromatic rings. The Balaban J connectivity index is 1.93. The zero-order valence-corrected chi connectivity index (χ0v) is 11.7. The molecule has 4 atom stereocenters. The molecule has 1 aliphatic heterocycles. The minimum absolute atomic E-state index is 0.135. The van der Waals surface area contributed by atoms with Crippen LogP contribution in [0.25, 0.3) is 0 Å². The fourth-order valence-corrected chi connectivity index (χ4v) is 3.52. The Hall–Kier alpha value is -0.610. The number of nitrogens with zero attached hydrogens (tertiary/aromatic N) is 1. The lowest BCUT2D eigenvalue weighted by Crippen LogP contribution is -2.55. The van der Waals surface area contributed by atoms with Crippen LogP contribution in [0.15, 0.2) is 0 Å². The highest BCUT2D eigenvalue weighted by Gasteiger charge is 2.34. The van der Waals surface area contributed by atoms with Gasteiger partial charge in [-0.15, -0.1) is 0 Å². The van der Waals surface area contributed by atoms with Gasteiger partial charge in [-0.1, -0.05) is 12.8 Å². The highest BCUT2D eigenvalue weighted by atomic mass is 16.2. The van der Waals surface area contributed by atoms with Crippen LogP contribution in [0.4, 0.5) is 0 Å². The van der Waals surface area contributed by atoms with E-state index in [2.05, 4.69) is 24.3 Å². The van der Waals surface area contributed by atoms with Crippen LogP contribution in [0, 0.1) is 11.8 Å². The first-order valence-electron chi connectivity index (χ1n) is 7.42. The van der Waals surface area contributed by atoms with Gasteiger partial charge in [-0.25, -0.2) is 5.01 Å². The van der Waals surface area contributed by atoms with Gasteiger partial charge in [0, 0.05) is 18.0 Å². The number of piperidine rings is 1. The third kappa shape index (κ3) is 2.86. The van der Waals surface area contributed by atoms with Gasteiger partial charge in [0.2, 0.25) is 5.91 Å². The van der Waals surface area contributed by atoms with Crippen molar-refractivity contribution in [3.63, 3.8) is 0 Å². The molecule has 4 heteroatoms. The normalized spacial score (nSPS) is 37.7. The molecule has 4 unspecified atom stereocenters. The highest BCUT2D eigenvalue weighted by Crippen LogP contribution is 2.31. The lowest BCUT2D eigenvalue weighted by Gasteiger charge is -2.39. The SMILES string of the molecule is CC1CCCC(C)N1NC(=O)C1CCCC1CN. The molecular weight excluding hydrogens is 226 g/mol. The van der Waals surface area contributed by atoms with Gasteiger partial charge >= 0.3 is 0 Å². The van der Waals surface area contributed by atoms with Crippen LogP contribution >= 0.6 is 0 Å². The fourth-order valence-electron chi connectivity index (χ4n) is 3.52. The fraction of sp³-hybridized carbons (Fsp3) is 0.929. The number of hydrogen-bond acceptors (Lipinski definition) is 3. The van der Waals surface area contributed by atoms with E-state index < -0.39 is 0 Å². The number of nitrogens with one attached hydrogen (secondary N) is 1. The Morgan fingerprint density at radius 2 is 1.78 bits per heavy atom. The van der Waals surface area contributed by atoms with Crippen molar-refractivity contribution in [3.05, 3.63) is 0 Å². The average Bonchev–Trinajstić information content (AvgIpc) is 2.82. The van der Waals surface area contributed by atoms with Crippen molar-refractivity contribution >= 4 is 5.91 Å². The zero-order chi connectivity index (χ0) is 13.1. The van der Waals surface area contributed by atoms with E-state index in [4.69, 9.17) is 5.73 Å². The smallest absolute Gasteiger partial charge is 0.237 e. The van der Waals surface area contributed by atoms with Crippen molar-refractivity contribution in [1.82, 2.24) is 10.4 Å². The average molecular weight is 253 g/mol. The van der Waals surface area contributed by atoms with Crippen molar-refractivity contribution in [2.45, 2.75) is 64.5 Å². The number of hydrogen-bond donors (Lipinski definition) is 2. The number of hydrazine groups is 1. The first-order valence-corrected chi connectivity index (χ1v) is 7.42. The van der Waals surface area contributed by atoms with E-state index in [9.17, 15) is 4.79 Å². The van der Waals surface area contributed by atoms with Crippen LogP contribution in [-0.4, -0.2) is 29.5 Å². The van der Waals surface area contributed by atoms with Crippen LogP contribution in [-0.2, 0) is 4.79 Å². The number of carbonyl (C=O) groups is 1. The Morgan fingerprint density at radius 3 is 2.39 bits per heavy atom. The topological polar surface area (TPSA) is 58.4 Å². The maximum atomic E-state index is 12.4. The number of rotatable bonds is 3. The lowest BCUT2D eigenvalue weighted by molar-refractivity contribution is -0.134. The van der Waals surface area contributed by atoms with E-state index in [0.29, 0.717) is 24.5 Å². The first kappa shape index (κ1) is 13.8. The summed E-state index contributed by atoms with van der Waals surface area (Å²) in [4.78, 5) is 12.4. The Bertz CT molecular complexity index is 285. The second kappa shape index (κ2) is 6.02.